The lowest BCUT2D eigenvalue weighted by Crippen LogP contribution is -2.28. The molecule has 0 bridgehead atoms. The smallest absolute Gasteiger partial charge is 0.288 e. The number of fused-ring (bicyclic) bond motifs is 1. The lowest BCUT2D eigenvalue weighted by molar-refractivity contribution is -0.384. The van der Waals surface area contributed by atoms with E-state index in [1.165, 1.54) is 18.2 Å². The van der Waals surface area contributed by atoms with E-state index in [2.05, 4.69) is 10.4 Å². The van der Waals surface area contributed by atoms with Crippen LogP contribution < -0.4 is 5.32 Å². The molecule has 1 aromatic heterocycles. The van der Waals surface area contributed by atoms with Crippen LogP contribution in [0.3, 0.4) is 0 Å². The first-order chi connectivity index (χ1) is 11.6. The minimum atomic E-state index is -0.614. The number of carbonyl (C=O) groups excluding carboxylic acids is 1. The Bertz CT molecular complexity index is 790. The van der Waals surface area contributed by atoms with Crippen LogP contribution in [-0.2, 0) is 24.3 Å². The summed E-state index contributed by atoms with van der Waals surface area (Å²) in [6.07, 6.45) is 2.57. The molecule has 2 heterocycles. The SMILES string of the molecule is O=C(NCCn1ncc2c1CCOC2)c1ccc(Cl)c([N+](=O)[O-])c1. The number of nitrogens with one attached hydrogen (secondary N) is 1. The molecule has 1 aliphatic rings. The molecule has 1 N–H and O–H groups in total. The number of rotatable bonds is 5. The summed E-state index contributed by atoms with van der Waals surface area (Å²) in [6.45, 7) is 2.12. The summed E-state index contributed by atoms with van der Waals surface area (Å²) in [5, 5.41) is 17.9. The molecule has 0 saturated heterocycles. The van der Waals surface area contributed by atoms with Crippen molar-refractivity contribution in [3.05, 3.63) is 56.4 Å². The van der Waals surface area contributed by atoms with Crippen LogP contribution in [0.4, 0.5) is 5.69 Å². The molecule has 0 unspecified atom stereocenters. The molecule has 0 aliphatic carbocycles. The topological polar surface area (TPSA) is 99.3 Å². The molecule has 0 spiro atoms. The average Bonchev–Trinajstić information content (AvgIpc) is 2.98. The summed E-state index contributed by atoms with van der Waals surface area (Å²) < 4.78 is 7.21. The Kier molecular flexibility index (Phi) is 4.77. The number of nitrogens with zero attached hydrogens (tertiary/aromatic N) is 3. The fraction of sp³-hybridized carbons (Fsp3) is 0.333. The fourth-order valence-corrected chi connectivity index (χ4v) is 2.76. The highest BCUT2D eigenvalue weighted by molar-refractivity contribution is 6.32. The van der Waals surface area contributed by atoms with E-state index in [1.807, 2.05) is 4.68 Å². The van der Waals surface area contributed by atoms with Crippen LogP contribution in [0, 0.1) is 10.1 Å². The fourth-order valence-electron chi connectivity index (χ4n) is 2.57. The summed E-state index contributed by atoms with van der Waals surface area (Å²) in [5.74, 6) is -0.390. The van der Waals surface area contributed by atoms with E-state index in [1.54, 1.807) is 6.20 Å². The zero-order valence-corrected chi connectivity index (χ0v) is 13.5. The predicted molar refractivity (Wildman–Crippen MR) is 86.0 cm³/mol. The van der Waals surface area contributed by atoms with Gasteiger partial charge in [0.05, 0.1) is 30.9 Å². The van der Waals surface area contributed by atoms with E-state index in [4.69, 9.17) is 16.3 Å². The predicted octanol–water partition coefficient (Wildman–Crippen LogP) is 1.95. The van der Waals surface area contributed by atoms with Crippen LogP contribution in [-0.4, -0.2) is 33.8 Å². The molecule has 0 fully saturated rings. The van der Waals surface area contributed by atoms with Gasteiger partial charge >= 0.3 is 0 Å². The van der Waals surface area contributed by atoms with Crippen LogP contribution in [0.15, 0.2) is 24.4 Å². The van der Waals surface area contributed by atoms with Gasteiger partial charge in [0.25, 0.3) is 11.6 Å². The van der Waals surface area contributed by atoms with Crippen LogP contribution in [0.25, 0.3) is 0 Å². The number of aromatic nitrogens is 2. The number of hydrogen-bond donors (Lipinski definition) is 1. The number of benzene rings is 1. The largest absolute Gasteiger partial charge is 0.376 e. The van der Waals surface area contributed by atoms with Crippen molar-refractivity contribution in [3.63, 3.8) is 0 Å². The Balaban J connectivity index is 1.61. The third-order valence-corrected chi connectivity index (χ3v) is 4.11. The van der Waals surface area contributed by atoms with Gasteiger partial charge in [0, 0.05) is 35.9 Å². The highest BCUT2D eigenvalue weighted by atomic mass is 35.5. The maximum absolute atomic E-state index is 12.1. The Morgan fingerprint density at radius 3 is 3.12 bits per heavy atom. The lowest BCUT2D eigenvalue weighted by Gasteiger charge is -2.14. The van der Waals surface area contributed by atoms with Crippen molar-refractivity contribution in [2.24, 2.45) is 0 Å². The molecule has 3 rings (SSSR count). The van der Waals surface area contributed by atoms with Gasteiger partial charge < -0.3 is 10.1 Å². The summed E-state index contributed by atoms with van der Waals surface area (Å²) in [5.41, 5.74) is 2.10. The molecule has 0 radical (unpaired) electrons. The maximum Gasteiger partial charge on any atom is 0.288 e. The van der Waals surface area contributed by atoms with Gasteiger partial charge in [-0.05, 0) is 12.1 Å². The minimum absolute atomic E-state index is 0.00179. The third-order valence-electron chi connectivity index (χ3n) is 3.79. The first kappa shape index (κ1) is 16.4. The number of hydrogen-bond acceptors (Lipinski definition) is 5. The summed E-state index contributed by atoms with van der Waals surface area (Å²) in [6, 6.07) is 3.97. The molecular formula is C15H15ClN4O4. The molecule has 24 heavy (non-hydrogen) atoms. The van der Waals surface area contributed by atoms with Crippen LogP contribution in [0.5, 0.6) is 0 Å². The minimum Gasteiger partial charge on any atom is -0.376 e. The summed E-state index contributed by atoms with van der Waals surface area (Å²) in [4.78, 5) is 22.4. The Morgan fingerprint density at radius 2 is 2.33 bits per heavy atom. The molecule has 2 aromatic rings. The van der Waals surface area contributed by atoms with E-state index in [-0.39, 0.29) is 22.2 Å². The van der Waals surface area contributed by atoms with Crippen molar-refractivity contribution >= 4 is 23.2 Å². The van der Waals surface area contributed by atoms with E-state index >= 15 is 0 Å². The second kappa shape index (κ2) is 6.98. The van der Waals surface area contributed by atoms with Crippen molar-refractivity contribution in [1.29, 1.82) is 0 Å². The molecule has 0 atom stereocenters. The van der Waals surface area contributed by atoms with Crippen LogP contribution in [0.1, 0.15) is 21.6 Å². The molecule has 1 aliphatic heterocycles. The second-order valence-electron chi connectivity index (χ2n) is 5.32. The Labute approximate surface area is 142 Å². The van der Waals surface area contributed by atoms with Crippen molar-refractivity contribution in [1.82, 2.24) is 15.1 Å². The van der Waals surface area contributed by atoms with Crippen molar-refractivity contribution < 1.29 is 14.5 Å². The van der Waals surface area contributed by atoms with Gasteiger partial charge in [-0.3, -0.25) is 19.6 Å². The van der Waals surface area contributed by atoms with E-state index < -0.39 is 4.92 Å². The van der Waals surface area contributed by atoms with Gasteiger partial charge in [-0.25, -0.2) is 0 Å². The van der Waals surface area contributed by atoms with Gasteiger partial charge in [0.1, 0.15) is 5.02 Å². The normalized spacial score (nSPS) is 13.4. The lowest BCUT2D eigenvalue weighted by atomic mass is 10.2. The third kappa shape index (κ3) is 3.39. The van der Waals surface area contributed by atoms with Crippen LogP contribution >= 0.6 is 11.6 Å². The van der Waals surface area contributed by atoms with Gasteiger partial charge in [0.2, 0.25) is 0 Å². The average molecular weight is 351 g/mol. The van der Waals surface area contributed by atoms with Gasteiger partial charge in [-0.2, -0.15) is 5.10 Å². The number of halogens is 1. The summed E-state index contributed by atoms with van der Waals surface area (Å²) in [7, 11) is 0. The molecule has 9 heteroatoms. The van der Waals surface area contributed by atoms with E-state index in [0.717, 1.165) is 17.7 Å². The molecule has 8 nitrogen and oxygen atoms in total. The van der Waals surface area contributed by atoms with Gasteiger partial charge in [0.15, 0.2) is 0 Å². The quantitative estimate of drug-likeness (QED) is 0.656. The number of nitro benzene ring substituents is 1. The second-order valence-corrected chi connectivity index (χ2v) is 5.73. The Hall–Kier alpha value is -2.45. The number of ether oxygens (including phenoxy) is 1. The Morgan fingerprint density at radius 1 is 1.50 bits per heavy atom. The first-order valence-electron chi connectivity index (χ1n) is 7.39. The number of amides is 1. The highest BCUT2D eigenvalue weighted by Gasteiger charge is 2.17. The monoisotopic (exact) mass is 350 g/mol. The van der Waals surface area contributed by atoms with E-state index in [0.29, 0.717) is 26.3 Å². The van der Waals surface area contributed by atoms with Crippen LogP contribution in [0.2, 0.25) is 5.02 Å². The highest BCUT2D eigenvalue weighted by Crippen LogP contribution is 2.25. The van der Waals surface area contributed by atoms with Gasteiger partial charge in [-0.15, -0.1) is 0 Å². The zero-order valence-electron chi connectivity index (χ0n) is 12.7. The van der Waals surface area contributed by atoms with Crippen molar-refractivity contribution in [2.75, 3.05) is 13.2 Å². The number of nitro groups is 1. The van der Waals surface area contributed by atoms with Crippen molar-refractivity contribution in [2.45, 2.75) is 19.6 Å². The first-order valence-corrected chi connectivity index (χ1v) is 7.77. The standard InChI is InChI=1S/C15H15ClN4O4/c16-12-2-1-10(7-14(12)20(22)23)15(21)17-4-5-19-13-3-6-24-9-11(13)8-18-19/h1-2,7-8H,3-6,9H2,(H,17,21). The van der Waals surface area contributed by atoms with Gasteiger partial charge in [-0.1, -0.05) is 11.6 Å². The molecular weight excluding hydrogens is 336 g/mol. The van der Waals surface area contributed by atoms with Crippen molar-refractivity contribution in [3.8, 4) is 0 Å². The molecule has 1 amide bonds. The summed E-state index contributed by atoms with van der Waals surface area (Å²) >= 11 is 5.74. The molecule has 0 saturated carbocycles. The van der Waals surface area contributed by atoms with E-state index in [9.17, 15) is 14.9 Å². The maximum atomic E-state index is 12.1. The molecule has 126 valence electrons. The zero-order chi connectivity index (χ0) is 17.1. The molecule has 1 aromatic carbocycles. The number of carbonyl (C=O) groups is 1.